The molecule has 8 heteroatoms. The van der Waals surface area contributed by atoms with Crippen molar-refractivity contribution in [3.63, 3.8) is 0 Å². The van der Waals surface area contributed by atoms with Crippen LogP contribution in [-0.2, 0) is 4.79 Å². The molecule has 0 aromatic heterocycles. The van der Waals surface area contributed by atoms with Crippen LogP contribution in [0.3, 0.4) is 0 Å². The van der Waals surface area contributed by atoms with Gasteiger partial charge in [0.15, 0.2) is 11.5 Å². The normalized spacial score (nSPS) is 15.1. The molecule has 3 rings (SSSR count). The molecule has 0 bridgehead atoms. The van der Waals surface area contributed by atoms with Gasteiger partial charge < -0.3 is 14.2 Å². The smallest absolute Gasteiger partial charge is 0.293 e. The van der Waals surface area contributed by atoms with Gasteiger partial charge in [0.25, 0.3) is 11.1 Å². The SMILES string of the molecule is CCOc1cc(/C=C2\SC(=O)N(CCOc3ccc(F)cc3)C2=O)c(C)cc1OC. The van der Waals surface area contributed by atoms with Crippen molar-refractivity contribution >= 4 is 29.0 Å². The van der Waals surface area contributed by atoms with Gasteiger partial charge in [-0.25, -0.2) is 4.39 Å². The number of nitrogens with zero attached hydrogens (tertiary/aromatic N) is 1. The zero-order valence-corrected chi connectivity index (χ0v) is 17.8. The Morgan fingerprint density at radius 2 is 1.83 bits per heavy atom. The fourth-order valence-corrected chi connectivity index (χ4v) is 3.74. The third-order valence-electron chi connectivity index (χ3n) is 4.41. The Labute approximate surface area is 178 Å². The van der Waals surface area contributed by atoms with Crippen molar-refractivity contribution in [1.29, 1.82) is 0 Å². The number of imide groups is 1. The number of carbonyl (C=O) groups is 2. The number of rotatable bonds is 8. The molecule has 0 aliphatic carbocycles. The molecule has 0 saturated carbocycles. The highest BCUT2D eigenvalue weighted by molar-refractivity contribution is 8.18. The minimum atomic E-state index is -0.374. The summed E-state index contributed by atoms with van der Waals surface area (Å²) < 4.78 is 29.4. The van der Waals surface area contributed by atoms with Gasteiger partial charge in [-0.05, 0) is 79.2 Å². The Balaban J connectivity index is 1.71. The third kappa shape index (κ3) is 4.94. The van der Waals surface area contributed by atoms with E-state index in [4.69, 9.17) is 14.2 Å². The van der Waals surface area contributed by atoms with Crippen molar-refractivity contribution in [2.75, 3.05) is 26.9 Å². The molecule has 0 unspecified atom stereocenters. The van der Waals surface area contributed by atoms with Gasteiger partial charge in [-0.1, -0.05) is 0 Å². The predicted octanol–water partition coefficient (Wildman–Crippen LogP) is 4.66. The van der Waals surface area contributed by atoms with E-state index in [1.807, 2.05) is 19.9 Å². The van der Waals surface area contributed by atoms with Crippen LogP contribution in [0, 0.1) is 12.7 Å². The first-order chi connectivity index (χ1) is 14.4. The molecule has 2 aromatic carbocycles. The van der Waals surface area contributed by atoms with E-state index in [0.29, 0.717) is 28.8 Å². The lowest BCUT2D eigenvalue weighted by molar-refractivity contribution is -0.123. The third-order valence-corrected chi connectivity index (χ3v) is 5.32. The number of carbonyl (C=O) groups excluding carboxylic acids is 2. The first-order valence-electron chi connectivity index (χ1n) is 9.38. The molecule has 0 N–H and O–H groups in total. The van der Waals surface area contributed by atoms with Crippen LogP contribution in [0.2, 0.25) is 0 Å². The van der Waals surface area contributed by atoms with Crippen LogP contribution in [0.5, 0.6) is 17.2 Å². The summed E-state index contributed by atoms with van der Waals surface area (Å²) >= 11 is 0.884. The maximum atomic E-state index is 12.9. The second-order valence-corrected chi connectivity index (χ2v) is 7.42. The van der Waals surface area contributed by atoms with Crippen LogP contribution in [0.4, 0.5) is 9.18 Å². The number of hydrogen-bond acceptors (Lipinski definition) is 6. The second kappa shape index (κ2) is 9.67. The molecule has 1 fully saturated rings. The van der Waals surface area contributed by atoms with Crippen LogP contribution >= 0.6 is 11.8 Å². The number of hydrogen-bond donors (Lipinski definition) is 0. The van der Waals surface area contributed by atoms with E-state index in [9.17, 15) is 14.0 Å². The molecule has 2 amide bonds. The topological polar surface area (TPSA) is 65.1 Å². The maximum absolute atomic E-state index is 12.9. The van der Waals surface area contributed by atoms with Crippen molar-refractivity contribution in [2.45, 2.75) is 13.8 Å². The van der Waals surface area contributed by atoms with E-state index in [0.717, 1.165) is 27.8 Å². The number of amides is 2. The van der Waals surface area contributed by atoms with Gasteiger partial charge in [0, 0.05) is 0 Å². The first-order valence-corrected chi connectivity index (χ1v) is 10.2. The lowest BCUT2D eigenvalue weighted by Crippen LogP contribution is -2.32. The van der Waals surface area contributed by atoms with E-state index in [2.05, 4.69) is 0 Å². The molecule has 6 nitrogen and oxygen atoms in total. The Kier molecular flexibility index (Phi) is 6.99. The van der Waals surface area contributed by atoms with Crippen LogP contribution in [0.15, 0.2) is 41.3 Å². The van der Waals surface area contributed by atoms with Crippen molar-refractivity contribution in [3.05, 3.63) is 58.2 Å². The summed E-state index contributed by atoms with van der Waals surface area (Å²) in [7, 11) is 1.57. The zero-order chi connectivity index (χ0) is 21.7. The van der Waals surface area contributed by atoms with E-state index in [1.54, 1.807) is 19.3 Å². The lowest BCUT2D eigenvalue weighted by Gasteiger charge is -2.13. The summed E-state index contributed by atoms with van der Waals surface area (Å²) in [6.07, 6.45) is 1.68. The molecule has 1 aliphatic heterocycles. The number of aryl methyl sites for hydroxylation is 1. The number of thioether (sulfide) groups is 1. The molecule has 1 aliphatic rings. The molecular formula is C22H22FNO5S. The average molecular weight is 431 g/mol. The second-order valence-electron chi connectivity index (χ2n) is 6.43. The number of methoxy groups -OCH3 is 1. The van der Waals surface area contributed by atoms with Gasteiger partial charge in [0.2, 0.25) is 0 Å². The van der Waals surface area contributed by atoms with E-state index in [-0.39, 0.29) is 30.1 Å². The maximum Gasteiger partial charge on any atom is 0.293 e. The summed E-state index contributed by atoms with van der Waals surface area (Å²) in [6.45, 7) is 4.46. The lowest BCUT2D eigenvalue weighted by atomic mass is 10.1. The summed E-state index contributed by atoms with van der Waals surface area (Å²) in [5, 5.41) is -0.356. The van der Waals surface area contributed by atoms with Gasteiger partial charge in [-0.2, -0.15) is 0 Å². The first kappa shape index (κ1) is 21.7. The highest BCUT2D eigenvalue weighted by Gasteiger charge is 2.35. The summed E-state index contributed by atoms with van der Waals surface area (Å²) in [4.78, 5) is 26.5. The average Bonchev–Trinajstić information content (AvgIpc) is 2.99. The van der Waals surface area contributed by atoms with Crippen molar-refractivity contribution < 1.29 is 28.2 Å². The summed E-state index contributed by atoms with van der Waals surface area (Å²) in [5.74, 6) is 0.915. The van der Waals surface area contributed by atoms with E-state index < -0.39 is 0 Å². The van der Waals surface area contributed by atoms with Gasteiger partial charge in [0.05, 0.1) is 25.2 Å². The Morgan fingerprint density at radius 1 is 1.10 bits per heavy atom. The minimum absolute atomic E-state index is 0.102. The highest BCUT2D eigenvalue weighted by Crippen LogP contribution is 2.36. The van der Waals surface area contributed by atoms with E-state index >= 15 is 0 Å². The molecule has 1 saturated heterocycles. The Morgan fingerprint density at radius 3 is 2.50 bits per heavy atom. The largest absolute Gasteiger partial charge is 0.493 e. The Hall–Kier alpha value is -3.00. The quantitative estimate of drug-likeness (QED) is 0.567. The van der Waals surface area contributed by atoms with Gasteiger partial charge in [-0.15, -0.1) is 0 Å². The molecule has 0 spiro atoms. The van der Waals surface area contributed by atoms with Crippen LogP contribution < -0.4 is 14.2 Å². The predicted molar refractivity (Wildman–Crippen MR) is 113 cm³/mol. The molecule has 0 radical (unpaired) electrons. The van der Waals surface area contributed by atoms with Crippen molar-refractivity contribution in [3.8, 4) is 17.2 Å². The zero-order valence-electron chi connectivity index (χ0n) is 16.9. The fraction of sp³-hybridized carbons (Fsp3) is 0.273. The number of halogens is 1. The molecule has 2 aromatic rings. The van der Waals surface area contributed by atoms with Gasteiger partial charge in [0.1, 0.15) is 18.2 Å². The number of ether oxygens (including phenoxy) is 3. The van der Waals surface area contributed by atoms with Gasteiger partial charge >= 0.3 is 0 Å². The molecule has 158 valence electrons. The number of benzene rings is 2. The van der Waals surface area contributed by atoms with Crippen LogP contribution in [0.1, 0.15) is 18.1 Å². The Bertz CT molecular complexity index is 974. The molecule has 0 atom stereocenters. The van der Waals surface area contributed by atoms with Gasteiger partial charge in [-0.3, -0.25) is 14.5 Å². The fourth-order valence-electron chi connectivity index (χ4n) is 2.88. The molecule has 30 heavy (non-hydrogen) atoms. The highest BCUT2D eigenvalue weighted by atomic mass is 32.2. The van der Waals surface area contributed by atoms with Crippen molar-refractivity contribution in [1.82, 2.24) is 4.90 Å². The molecular weight excluding hydrogens is 409 g/mol. The van der Waals surface area contributed by atoms with Crippen molar-refractivity contribution in [2.24, 2.45) is 0 Å². The summed E-state index contributed by atoms with van der Waals surface area (Å²) in [6, 6.07) is 9.18. The standard InChI is InChI=1S/C22H22FNO5S/c1-4-28-19-12-15(14(2)11-18(19)27-3)13-20-21(25)24(22(26)30-20)9-10-29-17-7-5-16(23)6-8-17/h5-8,11-13H,4,9-10H2,1-3H3/b20-13-. The molecule has 1 heterocycles. The van der Waals surface area contributed by atoms with Crippen LogP contribution in [-0.4, -0.2) is 42.9 Å². The minimum Gasteiger partial charge on any atom is -0.493 e. The van der Waals surface area contributed by atoms with E-state index in [1.165, 1.54) is 24.3 Å². The summed E-state index contributed by atoms with van der Waals surface area (Å²) in [5.41, 5.74) is 1.66. The monoisotopic (exact) mass is 431 g/mol. The van der Waals surface area contributed by atoms with Crippen LogP contribution in [0.25, 0.3) is 6.08 Å².